The number of hydrogen-bond acceptors (Lipinski definition) is 4. The SMILES string of the molecule is CC(=O)N1C[C@H]2CN(S(=O)(=O)Cc3ccc(Cl)cc3)C[C@@]2(C(=O)O)C1. The maximum atomic E-state index is 12.7. The van der Waals surface area contributed by atoms with E-state index in [-0.39, 0.29) is 37.8 Å². The first-order chi connectivity index (χ1) is 11.6. The van der Waals surface area contributed by atoms with Gasteiger partial charge >= 0.3 is 5.97 Å². The molecule has 25 heavy (non-hydrogen) atoms. The summed E-state index contributed by atoms with van der Waals surface area (Å²) in [6.45, 7) is 1.73. The zero-order chi connectivity index (χ0) is 18.4. The number of amides is 1. The van der Waals surface area contributed by atoms with Gasteiger partial charge in [0.2, 0.25) is 15.9 Å². The van der Waals surface area contributed by atoms with Crippen LogP contribution in [0.3, 0.4) is 0 Å². The number of hydrogen-bond donors (Lipinski definition) is 1. The lowest BCUT2D eigenvalue weighted by Crippen LogP contribution is -2.42. The van der Waals surface area contributed by atoms with Crippen molar-refractivity contribution in [1.82, 2.24) is 9.21 Å². The highest BCUT2D eigenvalue weighted by Crippen LogP contribution is 2.44. The van der Waals surface area contributed by atoms with Gasteiger partial charge in [0, 0.05) is 44.0 Å². The minimum atomic E-state index is -3.65. The molecule has 2 atom stereocenters. The Kier molecular flexibility index (Phi) is 4.55. The molecule has 1 N–H and O–H groups in total. The molecule has 1 aromatic carbocycles. The van der Waals surface area contributed by atoms with Gasteiger partial charge in [0.15, 0.2) is 0 Å². The fraction of sp³-hybridized carbons (Fsp3) is 0.500. The Morgan fingerprint density at radius 2 is 1.88 bits per heavy atom. The molecule has 0 aliphatic carbocycles. The maximum absolute atomic E-state index is 12.7. The lowest BCUT2D eigenvalue weighted by atomic mass is 9.81. The van der Waals surface area contributed by atoms with E-state index in [1.165, 1.54) is 16.1 Å². The number of fused-ring (bicyclic) bond motifs is 1. The molecule has 7 nitrogen and oxygen atoms in total. The molecule has 2 heterocycles. The van der Waals surface area contributed by atoms with Crippen LogP contribution in [-0.4, -0.2) is 60.8 Å². The third-order valence-electron chi connectivity index (χ3n) is 5.10. The molecule has 2 aliphatic rings. The molecule has 2 aliphatic heterocycles. The highest BCUT2D eigenvalue weighted by molar-refractivity contribution is 7.88. The summed E-state index contributed by atoms with van der Waals surface area (Å²) in [6, 6.07) is 6.52. The third kappa shape index (κ3) is 3.26. The summed E-state index contributed by atoms with van der Waals surface area (Å²) in [5, 5.41) is 10.2. The molecular weight excluding hydrogens is 368 g/mol. The van der Waals surface area contributed by atoms with E-state index in [1.54, 1.807) is 24.3 Å². The van der Waals surface area contributed by atoms with Gasteiger partial charge in [0.1, 0.15) is 5.41 Å². The molecule has 2 saturated heterocycles. The Morgan fingerprint density at radius 1 is 1.24 bits per heavy atom. The summed E-state index contributed by atoms with van der Waals surface area (Å²) < 4.78 is 26.7. The molecule has 0 spiro atoms. The third-order valence-corrected chi connectivity index (χ3v) is 7.12. The number of rotatable bonds is 4. The number of carboxylic acids is 1. The molecule has 0 unspecified atom stereocenters. The summed E-state index contributed by atoms with van der Waals surface area (Å²) in [7, 11) is -3.65. The standard InChI is InChI=1S/C16H19ClN2O5S/c1-11(20)18-6-13-7-19(10-16(13,9-18)15(21)22)25(23,24)8-12-2-4-14(17)5-3-12/h2-5,13H,6-10H2,1H3,(H,21,22)/t13-,16-/m0/s1. The van der Waals surface area contributed by atoms with Crippen LogP contribution in [0.4, 0.5) is 0 Å². The highest BCUT2D eigenvalue weighted by Gasteiger charge is 2.60. The predicted octanol–water partition coefficient (Wildman–Crippen LogP) is 1.03. The minimum absolute atomic E-state index is 0.0509. The van der Waals surface area contributed by atoms with Crippen molar-refractivity contribution < 1.29 is 23.1 Å². The number of aliphatic carboxylic acids is 1. The van der Waals surface area contributed by atoms with Crippen LogP contribution >= 0.6 is 11.6 Å². The predicted molar refractivity (Wildman–Crippen MR) is 91.5 cm³/mol. The molecule has 136 valence electrons. The number of carboxylic acid groups (broad SMARTS) is 1. The van der Waals surface area contributed by atoms with Crippen LogP contribution in [-0.2, 0) is 25.4 Å². The number of sulfonamides is 1. The van der Waals surface area contributed by atoms with Crippen LogP contribution in [0.5, 0.6) is 0 Å². The van der Waals surface area contributed by atoms with E-state index in [4.69, 9.17) is 11.6 Å². The zero-order valence-electron chi connectivity index (χ0n) is 13.7. The Bertz CT molecular complexity index is 810. The lowest BCUT2D eigenvalue weighted by Gasteiger charge is -2.24. The van der Waals surface area contributed by atoms with Crippen molar-refractivity contribution in [2.45, 2.75) is 12.7 Å². The smallest absolute Gasteiger partial charge is 0.313 e. The lowest BCUT2D eigenvalue weighted by molar-refractivity contribution is -0.148. The van der Waals surface area contributed by atoms with Crippen molar-refractivity contribution in [3.05, 3.63) is 34.9 Å². The van der Waals surface area contributed by atoms with Crippen molar-refractivity contribution in [3.63, 3.8) is 0 Å². The van der Waals surface area contributed by atoms with Crippen LogP contribution in [0, 0.1) is 11.3 Å². The average Bonchev–Trinajstić information content (AvgIpc) is 3.05. The number of likely N-dealkylation sites (tertiary alicyclic amines) is 1. The van der Waals surface area contributed by atoms with Gasteiger partial charge in [-0.1, -0.05) is 23.7 Å². The molecular formula is C16H19ClN2O5S. The molecule has 0 saturated carbocycles. The van der Waals surface area contributed by atoms with Crippen molar-refractivity contribution >= 4 is 33.5 Å². The normalized spacial score (nSPS) is 26.6. The van der Waals surface area contributed by atoms with E-state index >= 15 is 0 Å². The fourth-order valence-electron chi connectivity index (χ4n) is 3.66. The van der Waals surface area contributed by atoms with Crippen LogP contribution in [0.25, 0.3) is 0 Å². The quantitative estimate of drug-likeness (QED) is 0.834. The van der Waals surface area contributed by atoms with Gasteiger partial charge in [-0.3, -0.25) is 9.59 Å². The first-order valence-corrected chi connectivity index (χ1v) is 9.84. The monoisotopic (exact) mass is 386 g/mol. The summed E-state index contributed by atoms with van der Waals surface area (Å²) in [4.78, 5) is 24.9. The zero-order valence-corrected chi connectivity index (χ0v) is 15.3. The summed E-state index contributed by atoms with van der Waals surface area (Å²) >= 11 is 5.81. The Morgan fingerprint density at radius 3 is 2.40 bits per heavy atom. The first kappa shape index (κ1) is 18.2. The van der Waals surface area contributed by atoms with Gasteiger partial charge in [-0.25, -0.2) is 12.7 Å². The highest BCUT2D eigenvalue weighted by atomic mass is 35.5. The van der Waals surface area contributed by atoms with Gasteiger partial charge in [-0.05, 0) is 17.7 Å². The van der Waals surface area contributed by atoms with Crippen LogP contribution in [0.2, 0.25) is 5.02 Å². The Balaban J connectivity index is 1.80. The summed E-state index contributed by atoms with van der Waals surface area (Å²) in [6.07, 6.45) is 0. The van der Waals surface area contributed by atoms with E-state index < -0.39 is 27.3 Å². The molecule has 0 radical (unpaired) electrons. The van der Waals surface area contributed by atoms with Crippen LogP contribution in [0.15, 0.2) is 24.3 Å². The molecule has 1 aromatic rings. The molecule has 0 aromatic heterocycles. The van der Waals surface area contributed by atoms with Crippen LogP contribution in [0.1, 0.15) is 12.5 Å². The number of halogens is 1. The van der Waals surface area contributed by atoms with E-state index in [9.17, 15) is 23.1 Å². The fourth-order valence-corrected chi connectivity index (χ4v) is 5.41. The van der Waals surface area contributed by atoms with Gasteiger partial charge in [0.25, 0.3) is 0 Å². The summed E-state index contributed by atoms with van der Waals surface area (Å²) in [5.74, 6) is -1.84. The molecule has 3 rings (SSSR count). The minimum Gasteiger partial charge on any atom is -0.481 e. The topological polar surface area (TPSA) is 95.0 Å². The van der Waals surface area contributed by atoms with Gasteiger partial charge in [0.05, 0.1) is 5.75 Å². The van der Waals surface area contributed by atoms with Gasteiger partial charge in [-0.2, -0.15) is 0 Å². The van der Waals surface area contributed by atoms with E-state index in [0.29, 0.717) is 10.6 Å². The second kappa shape index (κ2) is 6.26. The van der Waals surface area contributed by atoms with Crippen molar-refractivity contribution in [2.75, 3.05) is 26.2 Å². The van der Waals surface area contributed by atoms with Gasteiger partial charge < -0.3 is 10.0 Å². The molecule has 1 amide bonds. The van der Waals surface area contributed by atoms with E-state index in [1.807, 2.05) is 0 Å². The van der Waals surface area contributed by atoms with Crippen molar-refractivity contribution in [3.8, 4) is 0 Å². The van der Waals surface area contributed by atoms with Crippen molar-refractivity contribution in [2.24, 2.45) is 11.3 Å². The van der Waals surface area contributed by atoms with Crippen LogP contribution < -0.4 is 0 Å². The largest absolute Gasteiger partial charge is 0.481 e. The second-order valence-corrected chi connectivity index (χ2v) is 9.14. The number of nitrogens with zero attached hydrogens (tertiary/aromatic N) is 2. The Hall–Kier alpha value is -1.64. The second-order valence-electron chi connectivity index (χ2n) is 6.73. The molecule has 2 fully saturated rings. The number of benzene rings is 1. The van der Waals surface area contributed by atoms with Crippen molar-refractivity contribution in [1.29, 1.82) is 0 Å². The van der Waals surface area contributed by atoms with E-state index in [2.05, 4.69) is 0 Å². The average molecular weight is 387 g/mol. The van der Waals surface area contributed by atoms with Gasteiger partial charge in [-0.15, -0.1) is 0 Å². The van der Waals surface area contributed by atoms with E-state index in [0.717, 1.165) is 0 Å². The molecule has 0 bridgehead atoms. The number of carbonyl (C=O) groups is 2. The number of carbonyl (C=O) groups excluding carboxylic acids is 1. The summed E-state index contributed by atoms with van der Waals surface area (Å²) in [5.41, 5.74) is -0.630. The maximum Gasteiger partial charge on any atom is 0.313 e. The first-order valence-electron chi connectivity index (χ1n) is 7.85. The molecule has 9 heteroatoms. The Labute approximate surface area is 151 Å².